The van der Waals surface area contributed by atoms with E-state index in [1.54, 1.807) is 13.0 Å². The normalized spacial score (nSPS) is 12.4. The minimum Gasteiger partial charge on any atom is -0.468 e. The highest BCUT2D eigenvalue weighted by atomic mass is 16.5. The van der Waals surface area contributed by atoms with Gasteiger partial charge in [-0.25, -0.2) is 0 Å². The van der Waals surface area contributed by atoms with Crippen molar-refractivity contribution in [1.82, 2.24) is 0 Å². The number of hydrogen-bond donors (Lipinski definition) is 0. The molecule has 0 N–H and O–H groups in total. The predicted octanol–water partition coefficient (Wildman–Crippen LogP) is 2.30. The first-order valence-electron chi connectivity index (χ1n) is 5.99. The maximum absolute atomic E-state index is 11.6. The number of rotatable bonds is 5. The van der Waals surface area contributed by atoms with E-state index in [1.165, 1.54) is 14.2 Å². The van der Waals surface area contributed by atoms with Crippen LogP contribution in [0.2, 0.25) is 0 Å². The van der Waals surface area contributed by atoms with Crippen LogP contribution >= 0.6 is 0 Å². The summed E-state index contributed by atoms with van der Waals surface area (Å²) in [7, 11) is 2.51. The van der Waals surface area contributed by atoms with Gasteiger partial charge in [0.05, 0.1) is 14.2 Å². The molecule has 0 radical (unpaired) electrons. The smallest absolute Gasteiger partial charge is 0.320 e. The lowest BCUT2D eigenvalue weighted by atomic mass is 9.93. The molecular formula is C15H18O4. The third kappa shape index (κ3) is 4.25. The summed E-state index contributed by atoms with van der Waals surface area (Å²) in [5.41, 5.74) is 1.00. The van der Waals surface area contributed by atoms with Crippen LogP contribution in [0, 0.1) is 11.8 Å². The minimum absolute atomic E-state index is 0.305. The van der Waals surface area contributed by atoms with Gasteiger partial charge in [-0.3, -0.25) is 9.59 Å². The highest BCUT2D eigenvalue weighted by molar-refractivity contribution is 5.95. The van der Waals surface area contributed by atoms with Crippen molar-refractivity contribution in [2.75, 3.05) is 14.2 Å². The number of carbonyl (C=O) groups excluding carboxylic acids is 2. The highest BCUT2D eigenvalue weighted by Crippen LogP contribution is 2.18. The monoisotopic (exact) mass is 262 g/mol. The van der Waals surface area contributed by atoms with E-state index in [-0.39, 0.29) is 5.92 Å². The van der Waals surface area contributed by atoms with Gasteiger partial charge < -0.3 is 9.47 Å². The van der Waals surface area contributed by atoms with Crippen molar-refractivity contribution in [3.8, 4) is 0 Å². The third-order valence-corrected chi connectivity index (χ3v) is 2.83. The number of hydrogen-bond acceptors (Lipinski definition) is 4. The van der Waals surface area contributed by atoms with Crippen LogP contribution in [0.15, 0.2) is 36.4 Å². The van der Waals surface area contributed by atoms with Gasteiger partial charge in [0.2, 0.25) is 0 Å². The Labute approximate surface area is 113 Å². The minimum atomic E-state index is -0.935. The molecule has 4 heteroatoms. The summed E-state index contributed by atoms with van der Waals surface area (Å²) in [5.74, 6) is -2.41. The Morgan fingerprint density at radius 2 is 1.58 bits per heavy atom. The second-order valence-electron chi connectivity index (χ2n) is 4.15. The van der Waals surface area contributed by atoms with Gasteiger partial charge in [0.15, 0.2) is 5.92 Å². The Balaban J connectivity index is 2.83. The van der Waals surface area contributed by atoms with Gasteiger partial charge in [-0.1, -0.05) is 49.4 Å². The fraction of sp³-hybridized carbons (Fsp3) is 0.333. The Hall–Kier alpha value is -2.10. The van der Waals surface area contributed by atoms with Crippen molar-refractivity contribution < 1.29 is 19.1 Å². The number of carbonyl (C=O) groups is 2. The molecule has 0 saturated heterocycles. The number of methoxy groups -OCH3 is 2. The molecule has 0 fully saturated rings. The van der Waals surface area contributed by atoms with Gasteiger partial charge in [0.25, 0.3) is 0 Å². The molecule has 102 valence electrons. The van der Waals surface area contributed by atoms with Crippen molar-refractivity contribution in [2.24, 2.45) is 11.8 Å². The molecule has 0 aliphatic carbocycles. The lowest BCUT2D eigenvalue weighted by molar-refractivity contribution is -0.160. The second kappa shape index (κ2) is 7.36. The molecule has 0 aromatic heterocycles. The summed E-state index contributed by atoms with van der Waals surface area (Å²) >= 11 is 0. The molecule has 0 saturated carbocycles. The second-order valence-corrected chi connectivity index (χ2v) is 4.15. The largest absolute Gasteiger partial charge is 0.468 e. The molecule has 1 atom stereocenters. The van der Waals surface area contributed by atoms with Gasteiger partial charge in [-0.2, -0.15) is 0 Å². The predicted molar refractivity (Wildman–Crippen MR) is 72.2 cm³/mol. The lowest BCUT2D eigenvalue weighted by Crippen LogP contribution is -2.31. The average molecular weight is 262 g/mol. The van der Waals surface area contributed by atoms with Gasteiger partial charge >= 0.3 is 11.9 Å². The van der Waals surface area contributed by atoms with Gasteiger partial charge in [0, 0.05) is 0 Å². The zero-order chi connectivity index (χ0) is 14.3. The van der Waals surface area contributed by atoms with Crippen LogP contribution in [0.3, 0.4) is 0 Å². The molecule has 19 heavy (non-hydrogen) atoms. The standard InChI is InChI=1S/C15H18O4/c1-11(9-10-12-7-5-4-6-8-12)13(14(16)18-2)15(17)19-3/h4-11,13H,1-3H3/b10-9+. The summed E-state index contributed by atoms with van der Waals surface area (Å²) in [5, 5.41) is 0. The third-order valence-electron chi connectivity index (χ3n) is 2.83. The Kier molecular flexibility index (Phi) is 5.79. The van der Waals surface area contributed by atoms with Crippen molar-refractivity contribution in [3.63, 3.8) is 0 Å². The van der Waals surface area contributed by atoms with Crippen molar-refractivity contribution in [3.05, 3.63) is 42.0 Å². The van der Waals surface area contributed by atoms with E-state index >= 15 is 0 Å². The van der Waals surface area contributed by atoms with Crippen LogP contribution in [-0.4, -0.2) is 26.2 Å². The SMILES string of the molecule is COC(=O)C(C(=O)OC)C(C)/C=C/c1ccccc1. The zero-order valence-electron chi connectivity index (χ0n) is 11.3. The zero-order valence-corrected chi connectivity index (χ0v) is 11.3. The molecule has 0 aliphatic rings. The van der Waals surface area contributed by atoms with Crippen molar-refractivity contribution in [1.29, 1.82) is 0 Å². The van der Waals surface area contributed by atoms with Gasteiger partial charge in [-0.15, -0.1) is 0 Å². The van der Waals surface area contributed by atoms with Crippen LogP contribution in [0.5, 0.6) is 0 Å². The number of esters is 2. The first-order valence-corrected chi connectivity index (χ1v) is 5.99. The fourth-order valence-electron chi connectivity index (χ4n) is 1.72. The summed E-state index contributed by atoms with van der Waals surface area (Å²) < 4.78 is 9.27. The molecule has 1 aromatic rings. The molecule has 0 aliphatic heterocycles. The van der Waals surface area contributed by atoms with Crippen LogP contribution in [0.4, 0.5) is 0 Å². The number of ether oxygens (including phenoxy) is 2. The molecule has 0 heterocycles. The van der Waals surface area contributed by atoms with E-state index in [2.05, 4.69) is 9.47 Å². The molecule has 0 spiro atoms. The van der Waals surface area contributed by atoms with E-state index in [0.29, 0.717) is 0 Å². The number of allylic oxidation sites excluding steroid dienone is 1. The number of benzene rings is 1. The Morgan fingerprint density at radius 1 is 1.05 bits per heavy atom. The Morgan fingerprint density at radius 3 is 2.05 bits per heavy atom. The maximum Gasteiger partial charge on any atom is 0.320 e. The molecule has 1 unspecified atom stereocenters. The lowest BCUT2D eigenvalue weighted by Gasteiger charge is -2.16. The van der Waals surface area contributed by atoms with Crippen molar-refractivity contribution in [2.45, 2.75) is 6.92 Å². The summed E-state index contributed by atoms with van der Waals surface area (Å²) in [6.07, 6.45) is 3.66. The van der Waals surface area contributed by atoms with E-state index in [0.717, 1.165) is 5.56 Å². The molecule has 4 nitrogen and oxygen atoms in total. The quantitative estimate of drug-likeness (QED) is 0.603. The van der Waals surface area contributed by atoms with Gasteiger partial charge in [-0.05, 0) is 11.5 Å². The molecular weight excluding hydrogens is 244 g/mol. The summed E-state index contributed by atoms with van der Waals surface area (Å²) in [6, 6.07) is 9.64. The molecule has 0 amide bonds. The topological polar surface area (TPSA) is 52.6 Å². The van der Waals surface area contributed by atoms with E-state index < -0.39 is 17.9 Å². The van der Waals surface area contributed by atoms with Crippen molar-refractivity contribution >= 4 is 18.0 Å². The van der Waals surface area contributed by atoms with E-state index in [1.807, 2.05) is 36.4 Å². The molecule has 1 aromatic carbocycles. The summed E-state index contributed by atoms with van der Waals surface area (Å²) in [6.45, 7) is 1.78. The average Bonchev–Trinajstić information content (AvgIpc) is 2.45. The molecule has 1 rings (SSSR count). The first-order chi connectivity index (χ1) is 9.10. The van der Waals surface area contributed by atoms with Crippen LogP contribution in [-0.2, 0) is 19.1 Å². The summed E-state index contributed by atoms with van der Waals surface area (Å²) in [4.78, 5) is 23.2. The van der Waals surface area contributed by atoms with E-state index in [4.69, 9.17) is 0 Å². The van der Waals surface area contributed by atoms with E-state index in [9.17, 15) is 9.59 Å². The highest BCUT2D eigenvalue weighted by Gasteiger charge is 2.32. The van der Waals surface area contributed by atoms with Crippen LogP contribution in [0.25, 0.3) is 6.08 Å². The Bertz CT molecular complexity index is 434. The molecule has 0 bridgehead atoms. The van der Waals surface area contributed by atoms with Gasteiger partial charge in [0.1, 0.15) is 0 Å². The van der Waals surface area contributed by atoms with Crippen LogP contribution < -0.4 is 0 Å². The fourth-order valence-corrected chi connectivity index (χ4v) is 1.72. The maximum atomic E-state index is 11.6. The first kappa shape index (κ1) is 15.0. The van der Waals surface area contributed by atoms with Crippen LogP contribution in [0.1, 0.15) is 12.5 Å².